The Morgan fingerprint density at radius 1 is 1.04 bits per heavy atom. The van der Waals surface area contributed by atoms with Gasteiger partial charge in [0, 0.05) is 12.3 Å². The Bertz CT molecular complexity index is 875. The second-order valence-electron chi connectivity index (χ2n) is 4.96. The van der Waals surface area contributed by atoms with Gasteiger partial charge in [0.05, 0.1) is 5.56 Å². The van der Waals surface area contributed by atoms with Gasteiger partial charge >= 0.3 is 0 Å². The third-order valence-corrected chi connectivity index (χ3v) is 3.95. The Morgan fingerprint density at radius 2 is 1.75 bits per heavy atom. The molecule has 0 atom stereocenters. The van der Waals surface area contributed by atoms with Gasteiger partial charge in [-0.2, -0.15) is 0 Å². The standard InChI is InChI=1S/C18H14N2O3S/c1-12(21)15-11-24-18(19-15)20-17(22)14-9-5-6-10-16(14)23-13-7-3-2-4-8-13/h2-11H,1H3,(H,19,20,22). The molecule has 0 saturated heterocycles. The van der Waals surface area contributed by atoms with Crippen molar-refractivity contribution in [2.75, 3.05) is 5.32 Å². The molecular weight excluding hydrogens is 324 g/mol. The van der Waals surface area contributed by atoms with E-state index < -0.39 is 0 Å². The minimum absolute atomic E-state index is 0.139. The van der Waals surface area contributed by atoms with Gasteiger partial charge in [-0.15, -0.1) is 11.3 Å². The second kappa shape index (κ2) is 7.06. The molecule has 1 aromatic heterocycles. The monoisotopic (exact) mass is 338 g/mol. The summed E-state index contributed by atoms with van der Waals surface area (Å²) >= 11 is 1.21. The highest BCUT2D eigenvalue weighted by Crippen LogP contribution is 2.26. The number of hydrogen-bond acceptors (Lipinski definition) is 5. The van der Waals surface area contributed by atoms with E-state index in [-0.39, 0.29) is 11.7 Å². The number of carbonyl (C=O) groups is 2. The van der Waals surface area contributed by atoms with Gasteiger partial charge in [0.25, 0.3) is 5.91 Å². The number of ether oxygens (including phenoxy) is 1. The molecule has 0 unspecified atom stereocenters. The summed E-state index contributed by atoms with van der Waals surface area (Å²) in [4.78, 5) is 27.9. The predicted molar refractivity (Wildman–Crippen MR) is 93.0 cm³/mol. The van der Waals surface area contributed by atoms with Crippen molar-refractivity contribution in [2.24, 2.45) is 0 Å². The molecule has 3 aromatic rings. The molecule has 0 aliphatic carbocycles. The summed E-state index contributed by atoms with van der Waals surface area (Å²) < 4.78 is 5.78. The maximum atomic E-state index is 12.5. The van der Waals surface area contributed by atoms with Gasteiger partial charge < -0.3 is 4.74 Å². The number of ketones is 1. The van der Waals surface area contributed by atoms with Crippen molar-refractivity contribution < 1.29 is 14.3 Å². The lowest BCUT2D eigenvalue weighted by Gasteiger charge is -2.10. The van der Waals surface area contributed by atoms with E-state index in [2.05, 4.69) is 10.3 Å². The summed E-state index contributed by atoms with van der Waals surface area (Å²) in [5.74, 6) is 0.612. The largest absolute Gasteiger partial charge is 0.457 e. The highest BCUT2D eigenvalue weighted by molar-refractivity contribution is 7.14. The highest BCUT2D eigenvalue weighted by atomic mass is 32.1. The van der Waals surface area contributed by atoms with Crippen LogP contribution in [0.25, 0.3) is 0 Å². The van der Waals surface area contributed by atoms with Gasteiger partial charge in [0.2, 0.25) is 0 Å². The summed E-state index contributed by atoms with van der Waals surface area (Å²) in [7, 11) is 0. The fourth-order valence-corrected chi connectivity index (χ4v) is 2.76. The number of amides is 1. The van der Waals surface area contributed by atoms with Crippen molar-refractivity contribution in [3.8, 4) is 11.5 Å². The van der Waals surface area contributed by atoms with Crippen LogP contribution in [0.5, 0.6) is 11.5 Å². The molecule has 1 amide bonds. The quantitative estimate of drug-likeness (QED) is 0.701. The van der Waals surface area contributed by atoms with E-state index in [1.54, 1.807) is 29.6 Å². The number of hydrogen-bond donors (Lipinski definition) is 1. The molecule has 0 aliphatic heterocycles. The van der Waals surface area contributed by atoms with Crippen LogP contribution >= 0.6 is 11.3 Å². The Labute approximate surface area is 142 Å². The number of rotatable bonds is 5. The lowest BCUT2D eigenvalue weighted by atomic mass is 10.2. The lowest BCUT2D eigenvalue weighted by molar-refractivity contribution is 0.100. The van der Waals surface area contributed by atoms with Crippen LogP contribution in [0.3, 0.4) is 0 Å². The Morgan fingerprint density at radius 3 is 2.46 bits per heavy atom. The molecule has 5 nitrogen and oxygen atoms in total. The number of anilines is 1. The number of aromatic nitrogens is 1. The van der Waals surface area contributed by atoms with Crippen LogP contribution in [0.2, 0.25) is 0 Å². The highest BCUT2D eigenvalue weighted by Gasteiger charge is 2.15. The molecule has 0 fully saturated rings. The summed E-state index contributed by atoms with van der Waals surface area (Å²) in [6.07, 6.45) is 0. The lowest BCUT2D eigenvalue weighted by Crippen LogP contribution is -2.13. The SMILES string of the molecule is CC(=O)c1csc(NC(=O)c2ccccc2Oc2ccccc2)n1. The summed E-state index contributed by atoms with van der Waals surface area (Å²) in [6, 6.07) is 16.2. The molecule has 3 rings (SSSR count). The topological polar surface area (TPSA) is 68.3 Å². The van der Waals surface area contributed by atoms with E-state index in [4.69, 9.17) is 4.74 Å². The fourth-order valence-electron chi connectivity index (χ4n) is 2.02. The first-order valence-corrected chi connectivity index (χ1v) is 8.11. The van der Waals surface area contributed by atoms with E-state index in [0.29, 0.717) is 27.9 Å². The third-order valence-electron chi connectivity index (χ3n) is 3.19. The number of carbonyl (C=O) groups excluding carboxylic acids is 2. The molecule has 0 bridgehead atoms. The average Bonchev–Trinajstić information content (AvgIpc) is 3.05. The van der Waals surface area contributed by atoms with E-state index in [9.17, 15) is 9.59 Å². The van der Waals surface area contributed by atoms with E-state index in [1.165, 1.54) is 18.3 Å². The smallest absolute Gasteiger partial charge is 0.261 e. The molecule has 0 saturated carbocycles. The van der Waals surface area contributed by atoms with E-state index in [0.717, 1.165) is 0 Å². The molecule has 2 aromatic carbocycles. The van der Waals surface area contributed by atoms with Crippen LogP contribution in [0.4, 0.5) is 5.13 Å². The van der Waals surface area contributed by atoms with Crippen molar-refractivity contribution in [1.82, 2.24) is 4.98 Å². The van der Waals surface area contributed by atoms with Crippen LogP contribution in [-0.2, 0) is 0 Å². The van der Waals surface area contributed by atoms with Gasteiger partial charge in [-0.1, -0.05) is 30.3 Å². The summed E-state index contributed by atoms with van der Waals surface area (Å²) in [5.41, 5.74) is 0.727. The van der Waals surface area contributed by atoms with Crippen molar-refractivity contribution in [2.45, 2.75) is 6.92 Å². The van der Waals surface area contributed by atoms with Crippen molar-refractivity contribution in [1.29, 1.82) is 0 Å². The fraction of sp³-hybridized carbons (Fsp3) is 0.0556. The van der Waals surface area contributed by atoms with Gasteiger partial charge in [-0.3, -0.25) is 14.9 Å². The molecule has 0 radical (unpaired) electrons. The summed E-state index contributed by atoms with van der Waals surface area (Å²) in [5, 5.41) is 4.69. The zero-order chi connectivity index (χ0) is 16.9. The van der Waals surface area contributed by atoms with Crippen molar-refractivity contribution >= 4 is 28.2 Å². The van der Waals surface area contributed by atoms with Crippen LogP contribution in [-0.4, -0.2) is 16.7 Å². The number of Topliss-reactive ketones (excluding diaryl/α,β-unsaturated/α-hetero) is 1. The number of nitrogens with one attached hydrogen (secondary N) is 1. The first-order chi connectivity index (χ1) is 11.6. The first-order valence-electron chi connectivity index (χ1n) is 7.23. The number of para-hydroxylation sites is 2. The van der Waals surface area contributed by atoms with Gasteiger partial charge in [0.1, 0.15) is 17.2 Å². The molecule has 1 heterocycles. The number of benzene rings is 2. The maximum absolute atomic E-state index is 12.5. The second-order valence-corrected chi connectivity index (χ2v) is 5.82. The van der Waals surface area contributed by atoms with E-state index in [1.807, 2.05) is 30.3 Å². The summed E-state index contributed by atoms with van der Waals surface area (Å²) in [6.45, 7) is 1.43. The van der Waals surface area contributed by atoms with Gasteiger partial charge in [-0.05, 0) is 24.3 Å². The zero-order valence-electron chi connectivity index (χ0n) is 12.9. The molecule has 0 aliphatic rings. The Balaban J connectivity index is 1.80. The van der Waals surface area contributed by atoms with Crippen LogP contribution in [0.15, 0.2) is 60.0 Å². The molecule has 0 spiro atoms. The number of thiazole rings is 1. The Kier molecular flexibility index (Phi) is 4.67. The van der Waals surface area contributed by atoms with Crippen molar-refractivity contribution in [3.63, 3.8) is 0 Å². The molecule has 120 valence electrons. The minimum Gasteiger partial charge on any atom is -0.457 e. The zero-order valence-corrected chi connectivity index (χ0v) is 13.7. The third kappa shape index (κ3) is 3.67. The minimum atomic E-state index is -0.342. The van der Waals surface area contributed by atoms with Crippen LogP contribution in [0, 0.1) is 0 Å². The normalized spacial score (nSPS) is 10.2. The van der Waals surface area contributed by atoms with Gasteiger partial charge in [-0.25, -0.2) is 4.98 Å². The maximum Gasteiger partial charge on any atom is 0.261 e. The number of nitrogens with zero attached hydrogens (tertiary/aromatic N) is 1. The average molecular weight is 338 g/mol. The van der Waals surface area contributed by atoms with E-state index >= 15 is 0 Å². The van der Waals surface area contributed by atoms with Crippen molar-refractivity contribution in [3.05, 3.63) is 71.2 Å². The van der Waals surface area contributed by atoms with Crippen LogP contribution < -0.4 is 10.1 Å². The van der Waals surface area contributed by atoms with Gasteiger partial charge in [0.15, 0.2) is 10.9 Å². The molecule has 24 heavy (non-hydrogen) atoms. The molecule has 6 heteroatoms. The predicted octanol–water partition coefficient (Wildman–Crippen LogP) is 4.39. The first kappa shape index (κ1) is 15.9. The molecule has 1 N–H and O–H groups in total. The Hall–Kier alpha value is -2.99. The van der Waals surface area contributed by atoms with Crippen LogP contribution in [0.1, 0.15) is 27.8 Å². The molecular formula is C18H14N2O3S.